The van der Waals surface area contributed by atoms with Crippen molar-refractivity contribution in [3.05, 3.63) is 39.8 Å². The summed E-state index contributed by atoms with van der Waals surface area (Å²) in [6.45, 7) is 1.41. The van der Waals surface area contributed by atoms with E-state index in [-0.39, 0.29) is 28.4 Å². The highest BCUT2D eigenvalue weighted by Crippen LogP contribution is 2.30. The first-order valence-electron chi connectivity index (χ1n) is 4.81. The summed E-state index contributed by atoms with van der Waals surface area (Å²) in [5, 5.41) is 23.4. The molecule has 2 rings (SSSR count). The average Bonchev–Trinajstić information content (AvgIpc) is 2.71. The average molecular weight is 249 g/mol. The molecule has 0 spiro atoms. The van der Waals surface area contributed by atoms with E-state index in [2.05, 4.69) is 10.1 Å². The fourth-order valence-corrected chi connectivity index (χ4v) is 1.51. The highest BCUT2D eigenvalue weighted by atomic mass is 16.6. The molecule has 8 nitrogen and oxygen atoms in total. The first kappa shape index (κ1) is 11.7. The molecule has 0 saturated carbocycles. The van der Waals surface area contributed by atoms with Crippen LogP contribution in [-0.4, -0.2) is 26.1 Å². The van der Waals surface area contributed by atoms with E-state index in [1.807, 2.05) is 0 Å². The SMILES string of the molecule is Cc1onc(-c2ncccc2[N+](=O)[O-])c1C(=O)O. The molecule has 1 N–H and O–H groups in total. The number of nitrogens with zero attached hydrogens (tertiary/aromatic N) is 3. The summed E-state index contributed by atoms with van der Waals surface area (Å²) >= 11 is 0. The Kier molecular flexibility index (Phi) is 2.76. The number of aromatic carboxylic acids is 1. The molecule has 2 aromatic rings. The molecule has 0 aromatic carbocycles. The molecule has 0 fully saturated rings. The van der Waals surface area contributed by atoms with Gasteiger partial charge in [0.15, 0.2) is 11.4 Å². The van der Waals surface area contributed by atoms with Gasteiger partial charge in [0.2, 0.25) is 0 Å². The summed E-state index contributed by atoms with van der Waals surface area (Å²) in [5.74, 6) is -1.21. The van der Waals surface area contributed by atoms with Crippen molar-refractivity contribution in [2.24, 2.45) is 0 Å². The zero-order chi connectivity index (χ0) is 13.3. The van der Waals surface area contributed by atoms with Gasteiger partial charge in [0.05, 0.1) is 4.92 Å². The molecule has 0 bridgehead atoms. The number of carboxylic acids is 1. The van der Waals surface area contributed by atoms with Crippen LogP contribution in [0, 0.1) is 17.0 Å². The van der Waals surface area contributed by atoms with Gasteiger partial charge in [0, 0.05) is 12.3 Å². The fraction of sp³-hybridized carbons (Fsp3) is 0.100. The molecular weight excluding hydrogens is 242 g/mol. The Morgan fingerprint density at radius 1 is 1.50 bits per heavy atom. The first-order valence-corrected chi connectivity index (χ1v) is 4.81. The van der Waals surface area contributed by atoms with Crippen LogP contribution in [0.2, 0.25) is 0 Å². The Bertz CT molecular complexity index is 634. The van der Waals surface area contributed by atoms with Gasteiger partial charge in [-0.2, -0.15) is 0 Å². The zero-order valence-electron chi connectivity index (χ0n) is 9.15. The maximum Gasteiger partial charge on any atom is 0.341 e. The first-order chi connectivity index (χ1) is 8.52. The van der Waals surface area contributed by atoms with Crippen LogP contribution in [0.5, 0.6) is 0 Å². The van der Waals surface area contributed by atoms with E-state index < -0.39 is 10.9 Å². The second kappa shape index (κ2) is 4.24. The molecule has 0 aliphatic heterocycles. The van der Waals surface area contributed by atoms with Crippen molar-refractivity contribution in [1.82, 2.24) is 10.1 Å². The number of aryl methyl sites for hydroxylation is 1. The van der Waals surface area contributed by atoms with Gasteiger partial charge >= 0.3 is 5.97 Å². The van der Waals surface area contributed by atoms with Crippen molar-refractivity contribution < 1.29 is 19.3 Å². The maximum absolute atomic E-state index is 11.1. The Morgan fingerprint density at radius 3 is 2.83 bits per heavy atom. The van der Waals surface area contributed by atoms with Crippen molar-refractivity contribution in [3.63, 3.8) is 0 Å². The van der Waals surface area contributed by atoms with Gasteiger partial charge in [-0.05, 0) is 13.0 Å². The van der Waals surface area contributed by atoms with Crippen molar-refractivity contribution in [2.45, 2.75) is 6.92 Å². The molecule has 0 saturated heterocycles. The van der Waals surface area contributed by atoms with Crippen LogP contribution >= 0.6 is 0 Å². The summed E-state index contributed by atoms with van der Waals surface area (Å²) in [7, 11) is 0. The van der Waals surface area contributed by atoms with Gasteiger partial charge < -0.3 is 9.63 Å². The number of hydrogen-bond donors (Lipinski definition) is 1. The van der Waals surface area contributed by atoms with E-state index in [1.165, 1.54) is 25.3 Å². The van der Waals surface area contributed by atoms with Gasteiger partial charge in [-0.3, -0.25) is 10.1 Å². The molecule has 8 heteroatoms. The van der Waals surface area contributed by atoms with E-state index in [9.17, 15) is 14.9 Å². The van der Waals surface area contributed by atoms with Crippen molar-refractivity contribution in [3.8, 4) is 11.4 Å². The van der Waals surface area contributed by atoms with Crippen LogP contribution in [0.25, 0.3) is 11.4 Å². The molecule has 0 unspecified atom stereocenters. The Hall–Kier alpha value is -2.77. The third kappa shape index (κ3) is 1.79. The summed E-state index contributed by atoms with van der Waals surface area (Å²) in [4.78, 5) is 25.0. The van der Waals surface area contributed by atoms with E-state index in [1.54, 1.807) is 0 Å². The lowest BCUT2D eigenvalue weighted by Crippen LogP contribution is -2.02. The second-order valence-corrected chi connectivity index (χ2v) is 3.40. The summed E-state index contributed by atoms with van der Waals surface area (Å²) in [6, 6.07) is 2.60. The summed E-state index contributed by atoms with van der Waals surface area (Å²) < 4.78 is 4.75. The van der Waals surface area contributed by atoms with Crippen LogP contribution in [-0.2, 0) is 0 Å². The molecule has 2 aromatic heterocycles. The molecule has 0 amide bonds. The third-order valence-corrected chi connectivity index (χ3v) is 2.28. The minimum atomic E-state index is -1.27. The normalized spacial score (nSPS) is 10.3. The summed E-state index contributed by atoms with van der Waals surface area (Å²) in [5.41, 5.74) is -0.825. The second-order valence-electron chi connectivity index (χ2n) is 3.40. The summed E-state index contributed by atoms with van der Waals surface area (Å²) in [6.07, 6.45) is 1.32. The van der Waals surface area contributed by atoms with E-state index in [0.717, 1.165) is 0 Å². The van der Waals surface area contributed by atoms with Gasteiger partial charge in [0.1, 0.15) is 11.3 Å². The fourth-order valence-electron chi connectivity index (χ4n) is 1.51. The molecule has 0 atom stereocenters. The zero-order valence-corrected chi connectivity index (χ0v) is 9.15. The number of pyridine rings is 1. The predicted octanol–water partition coefficient (Wildman–Crippen LogP) is 1.65. The van der Waals surface area contributed by atoms with Crippen LogP contribution in [0.3, 0.4) is 0 Å². The topological polar surface area (TPSA) is 119 Å². The smallest absolute Gasteiger partial charge is 0.341 e. The molecule has 0 radical (unpaired) electrons. The molecule has 92 valence electrons. The van der Waals surface area contributed by atoms with E-state index in [0.29, 0.717) is 0 Å². The van der Waals surface area contributed by atoms with Crippen LogP contribution < -0.4 is 0 Å². The number of hydrogen-bond acceptors (Lipinski definition) is 6. The monoisotopic (exact) mass is 249 g/mol. The van der Waals surface area contributed by atoms with Crippen LogP contribution in [0.15, 0.2) is 22.9 Å². The van der Waals surface area contributed by atoms with Gasteiger partial charge in [-0.25, -0.2) is 9.78 Å². The van der Waals surface area contributed by atoms with Gasteiger partial charge in [0.25, 0.3) is 5.69 Å². The molecule has 0 aliphatic carbocycles. The Balaban J connectivity index is 2.70. The standard InChI is InChI=1S/C10H7N3O5/c1-5-7(10(14)15)9(12-18-5)8-6(13(16)17)3-2-4-11-8/h2-4H,1H3,(H,14,15). The van der Waals surface area contributed by atoms with Crippen molar-refractivity contribution in [2.75, 3.05) is 0 Å². The highest BCUT2D eigenvalue weighted by molar-refractivity contribution is 5.96. The molecular formula is C10H7N3O5. The van der Waals surface area contributed by atoms with Gasteiger partial charge in [-0.1, -0.05) is 5.16 Å². The maximum atomic E-state index is 11.1. The molecule has 0 aliphatic rings. The van der Waals surface area contributed by atoms with E-state index in [4.69, 9.17) is 9.63 Å². The Labute approximate surface area is 100 Å². The molecule has 2 heterocycles. The quantitative estimate of drug-likeness (QED) is 0.648. The van der Waals surface area contributed by atoms with Crippen molar-refractivity contribution >= 4 is 11.7 Å². The highest BCUT2D eigenvalue weighted by Gasteiger charge is 2.27. The number of nitro groups is 1. The Morgan fingerprint density at radius 2 is 2.22 bits per heavy atom. The van der Waals surface area contributed by atoms with Gasteiger partial charge in [-0.15, -0.1) is 0 Å². The number of rotatable bonds is 3. The number of carbonyl (C=O) groups is 1. The largest absolute Gasteiger partial charge is 0.477 e. The minimum absolute atomic E-state index is 0.0671. The lowest BCUT2D eigenvalue weighted by Gasteiger charge is -1.98. The van der Waals surface area contributed by atoms with E-state index >= 15 is 0 Å². The molecule has 18 heavy (non-hydrogen) atoms. The van der Waals surface area contributed by atoms with Crippen LogP contribution in [0.4, 0.5) is 5.69 Å². The van der Waals surface area contributed by atoms with Crippen molar-refractivity contribution in [1.29, 1.82) is 0 Å². The van der Waals surface area contributed by atoms with Crippen LogP contribution in [0.1, 0.15) is 16.1 Å². The minimum Gasteiger partial charge on any atom is -0.477 e. The predicted molar refractivity (Wildman–Crippen MR) is 58.1 cm³/mol. The number of aromatic nitrogens is 2. The lowest BCUT2D eigenvalue weighted by atomic mass is 10.1. The third-order valence-electron chi connectivity index (χ3n) is 2.28. The number of carboxylic acid groups (broad SMARTS) is 1. The lowest BCUT2D eigenvalue weighted by molar-refractivity contribution is -0.384.